The molecule has 0 aromatic heterocycles. The van der Waals surface area contributed by atoms with Gasteiger partial charge >= 0.3 is 0 Å². The highest BCUT2D eigenvalue weighted by Crippen LogP contribution is 2.32. The van der Waals surface area contributed by atoms with Crippen LogP contribution in [0.3, 0.4) is 0 Å². The summed E-state index contributed by atoms with van der Waals surface area (Å²) in [5.41, 5.74) is 0. The van der Waals surface area contributed by atoms with Crippen molar-refractivity contribution in [3.8, 4) is 6.07 Å². The maximum Gasteiger partial charge on any atom is 0.246 e. The lowest BCUT2D eigenvalue weighted by Gasteiger charge is -2.19. The molecule has 0 spiro atoms. The Morgan fingerprint density at radius 2 is 2.00 bits per heavy atom. The molecular weight excluding hydrogens is 240 g/mol. The van der Waals surface area contributed by atoms with Crippen LogP contribution in [0.1, 0.15) is 39.0 Å². The van der Waals surface area contributed by atoms with Crippen molar-refractivity contribution in [2.45, 2.75) is 45.1 Å². The molecule has 0 bridgehead atoms. The van der Waals surface area contributed by atoms with Crippen LogP contribution in [0.2, 0.25) is 0 Å². The van der Waals surface area contributed by atoms with E-state index in [2.05, 4.69) is 6.07 Å². The SMILES string of the molecule is C[C@@H]1CCCN1C(=O)/C=C/C(=O)C1CCC[C@H]1C#N. The first kappa shape index (κ1) is 13.8. The normalized spacial score (nSPS) is 30.7. The standard InChI is InChI=1S/C15H20N2O2/c1-11-4-3-9-17(11)15(19)8-7-14(18)13-6-2-5-12(13)10-16/h7-8,11-13H,2-6,9H2,1H3/b8-7+/t11-,12+,13?/m1/s1. The Bertz CT molecular complexity index is 436. The molecule has 0 aromatic carbocycles. The van der Waals surface area contributed by atoms with Gasteiger partial charge in [0.15, 0.2) is 5.78 Å². The Morgan fingerprint density at radius 3 is 2.63 bits per heavy atom. The van der Waals surface area contributed by atoms with Crippen molar-refractivity contribution in [3.05, 3.63) is 12.2 Å². The molecule has 102 valence electrons. The molecule has 4 heteroatoms. The van der Waals surface area contributed by atoms with Crippen LogP contribution in [0.5, 0.6) is 0 Å². The molecule has 0 radical (unpaired) electrons. The molecule has 1 aliphatic carbocycles. The minimum absolute atomic E-state index is 0.0655. The van der Waals surface area contributed by atoms with Gasteiger partial charge < -0.3 is 4.90 Å². The van der Waals surface area contributed by atoms with E-state index in [0.29, 0.717) is 0 Å². The first-order chi connectivity index (χ1) is 9.13. The van der Waals surface area contributed by atoms with E-state index in [1.54, 1.807) is 4.90 Å². The summed E-state index contributed by atoms with van der Waals surface area (Å²) in [7, 11) is 0. The molecule has 1 saturated heterocycles. The van der Waals surface area contributed by atoms with Crippen molar-refractivity contribution in [2.24, 2.45) is 11.8 Å². The first-order valence-electron chi connectivity index (χ1n) is 7.05. The Kier molecular flexibility index (Phi) is 4.36. The Hall–Kier alpha value is -1.63. The fourth-order valence-corrected chi connectivity index (χ4v) is 3.09. The number of rotatable bonds is 3. The van der Waals surface area contributed by atoms with Crippen LogP contribution in [0.25, 0.3) is 0 Å². The number of nitrogens with zero attached hydrogens (tertiary/aromatic N) is 2. The van der Waals surface area contributed by atoms with Crippen LogP contribution >= 0.6 is 0 Å². The van der Waals surface area contributed by atoms with Crippen molar-refractivity contribution in [2.75, 3.05) is 6.54 Å². The van der Waals surface area contributed by atoms with Gasteiger partial charge in [-0.15, -0.1) is 0 Å². The van der Waals surface area contributed by atoms with Gasteiger partial charge in [0.25, 0.3) is 0 Å². The quantitative estimate of drug-likeness (QED) is 0.730. The van der Waals surface area contributed by atoms with E-state index in [-0.39, 0.29) is 29.6 Å². The minimum Gasteiger partial charge on any atom is -0.336 e. The first-order valence-corrected chi connectivity index (χ1v) is 7.05. The summed E-state index contributed by atoms with van der Waals surface area (Å²) in [6.45, 7) is 2.81. The number of allylic oxidation sites excluding steroid dienone is 1. The van der Waals surface area contributed by atoms with Crippen molar-refractivity contribution < 1.29 is 9.59 Å². The van der Waals surface area contributed by atoms with E-state index < -0.39 is 0 Å². The average molecular weight is 260 g/mol. The van der Waals surface area contributed by atoms with Crippen molar-refractivity contribution >= 4 is 11.7 Å². The Labute approximate surface area is 114 Å². The topological polar surface area (TPSA) is 61.2 Å². The third-order valence-electron chi connectivity index (χ3n) is 4.27. The van der Waals surface area contributed by atoms with Gasteiger partial charge in [0.05, 0.1) is 12.0 Å². The van der Waals surface area contributed by atoms with Gasteiger partial charge in [0.1, 0.15) is 0 Å². The largest absolute Gasteiger partial charge is 0.336 e. The predicted octanol–water partition coefficient (Wildman–Crippen LogP) is 2.06. The highest BCUT2D eigenvalue weighted by molar-refractivity contribution is 5.99. The zero-order valence-electron chi connectivity index (χ0n) is 11.3. The molecule has 2 aliphatic rings. The summed E-state index contributed by atoms with van der Waals surface area (Å²) in [6, 6.07) is 2.46. The summed E-state index contributed by atoms with van der Waals surface area (Å²) >= 11 is 0. The molecule has 1 amide bonds. The Balaban J connectivity index is 1.93. The molecule has 1 unspecified atom stereocenters. The van der Waals surface area contributed by atoms with Gasteiger partial charge in [-0.2, -0.15) is 5.26 Å². The van der Waals surface area contributed by atoms with E-state index >= 15 is 0 Å². The summed E-state index contributed by atoms with van der Waals surface area (Å²) in [6.07, 6.45) is 7.35. The van der Waals surface area contributed by atoms with Gasteiger partial charge in [-0.1, -0.05) is 6.42 Å². The zero-order chi connectivity index (χ0) is 13.8. The van der Waals surface area contributed by atoms with Crippen LogP contribution in [0.4, 0.5) is 0 Å². The Morgan fingerprint density at radius 1 is 1.21 bits per heavy atom. The predicted molar refractivity (Wildman–Crippen MR) is 71.0 cm³/mol. The maximum atomic E-state index is 12.0. The molecule has 1 saturated carbocycles. The molecule has 0 N–H and O–H groups in total. The van der Waals surface area contributed by atoms with E-state index in [0.717, 1.165) is 38.6 Å². The average Bonchev–Trinajstić information content (AvgIpc) is 3.03. The lowest BCUT2D eigenvalue weighted by molar-refractivity contribution is -0.127. The summed E-state index contributed by atoms with van der Waals surface area (Å²) in [5, 5.41) is 8.97. The molecule has 0 aromatic rings. The maximum absolute atomic E-state index is 12.0. The number of hydrogen-bond donors (Lipinski definition) is 0. The monoisotopic (exact) mass is 260 g/mol. The van der Waals surface area contributed by atoms with Gasteiger partial charge in [0, 0.05) is 24.6 Å². The highest BCUT2D eigenvalue weighted by Gasteiger charge is 2.31. The molecule has 2 fully saturated rings. The van der Waals surface area contributed by atoms with Crippen molar-refractivity contribution in [1.29, 1.82) is 5.26 Å². The number of carbonyl (C=O) groups excluding carboxylic acids is 2. The lowest BCUT2D eigenvalue weighted by Crippen LogP contribution is -2.32. The van der Waals surface area contributed by atoms with Crippen LogP contribution in [-0.2, 0) is 9.59 Å². The van der Waals surface area contributed by atoms with Crippen molar-refractivity contribution in [3.63, 3.8) is 0 Å². The lowest BCUT2D eigenvalue weighted by atomic mass is 9.93. The number of nitriles is 1. The van der Waals surface area contributed by atoms with E-state index in [9.17, 15) is 9.59 Å². The van der Waals surface area contributed by atoms with Crippen LogP contribution in [-0.4, -0.2) is 29.2 Å². The fourth-order valence-electron chi connectivity index (χ4n) is 3.09. The second-order valence-corrected chi connectivity index (χ2v) is 5.53. The van der Waals surface area contributed by atoms with Gasteiger partial charge in [-0.05, 0) is 38.7 Å². The highest BCUT2D eigenvalue weighted by atomic mass is 16.2. The third kappa shape index (κ3) is 3.04. The minimum atomic E-state index is -0.204. The summed E-state index contributed by atoms with van der Waals surface area (Å²) < 4.78 is 0. The molecule has 2 rings (SSSR count). The fraction of sp³-hybridized carbons (Fsp3) is 0.667. The van der Waals surface area contributed by atoms with Gasteiger partial charge in [-0.25, -0.2) is 0 Å². The molecule has 1 aliphatic heterocycles. The molecule has 3 atom stereocenters. The summed E-state index contributed by atoms with van der Waals surface area (Å²) in [4.78, 5) is 25.8. The number of likely N-dealkylation sites (tertiary alicyclic amines) is 1. The number of carbonyl (C=O) groups is 2. The van der Waals surface area contributed by atoms with E-state index in [1.807, 2.05) is 6.92 Å². The molecule has 19 heavy (non-hydrogen) atoms. The molecular formula is C15H20N2O2. The van der Waals surface area contributed by atoms with E-state index in [4.69, 9.17) is 5.26 Å². The zero-order valence-corrected chi connectivity index (χ0v) is 11.3. The van der Waals surface area contributed by atoms with Crippen LogP contribution < -0.4 is 0 Å². The molecule has 1 heterocycles. The summed E-state index contributed by atoms with van der Waals surface area (Å²) in [5.74, 6) is -0.517. The number of ketones is 1. The number of hydrogen-bond acceptors (Lipinski definition) is 3. The van der Waals surface area contributed by atoms with Crippen molar-refractivity contribution in [1.82, 2.24) is 4.90 Å². The number of amides is 1. The second kappa shape index (κ2) is 6.01. The van der Waals surface area contributed by atoms with Gasteiger partial charge in [0.2, 0.25) is 5.91 Å². The van der Waals surface area contributed by atoms with Crippen LogP contribution in [0, 0.1) is 23.2 Å². The van der Waals surface area contributed by atoms with Gasteiger partial charge in [-0.3, -0.25) is 9.59 Å². The van der Waals surface area contributed by atoms with E-state index in [1.165, 1.54) is 12.2 Å². The second-order valence-electron chi connectivity index (χ2n) is 5.53. The third-order valence-corrected chi connectivity index (χ3v) is 4.27. The molecule has 4 nitrogen and oxygen atoms in total. The smallest absolute Gasteiger partial charge is 0.246 e. The van der Waals surface area contributed by atoms with Crippen LogP contribution in [0.15, 0.2) is 12.2 Å².